The fraction of sp³-hybridized carbons (Fsp3) is 0.588. The van der Waals surface area contributed by atoms with E-state index in [1.807, 2.05) is 6.07 Å². The van der Waals surface area contributed by atoms with Crippen LogP contribution in [-0.2, 0) is 16.1 Å². The summed E-state index contributed by atoms with van der Waals surface area (Å²) in [5.74, 6) is -0.00916. The van der Waals surface area contributed by atoms with Crippen molar-refractivity contribution in [1.29, 1.82) is 0 Å². The minimum atomic E-state index is -0.342. The molecule has 24 heavy (non-hydrogen) atoms. The summed E-state index contributed by atoms with van der Waals surface area (Å²) in [4.78, 5) is 14.3. The third kappa shape index (κ3) is 7.81. The molecule has 0 bridgehead atoms. The number of halogens is 2. The van der Waals surface area contributed by atoms with Crippen molar-refractivity contribution in [2.45, 2.75) is 32.0 Å². The molecule has 0 radical (unpaired) electrons. The molecule has 0 spiro atoms. The number of hydrogen-bond donors (Lipinski definition) is 2. The van der Waals surface area contributed by atoms with Gasteiger partial charge in [-0.05, 0) is 26.0 Å². The van der Waals surface area contributed by atoms with Crippen LogP contribution in [0.15, 0.2) is 30.3 Å². The van der Waals surface area contributed by atoms with Crippen LogP contribution in [0.3, 0.4) is 0 Å². The summed E-state index contributed by atoms with van der Waals surface area (Å²) in [5, 5.41) is 6.14. The summed E-state index contributed by atoms with van der Waals surface area (Å²) in [6.45, 7) is 5.83. The van der Waals surface area contributed by atoms with Gasteiger partial charge in [0, 0.05) is 32.2 Å². The number of nitrogens with one attached hydrogen (secondary N) is 2. The number of hydrogen-bond acceptors (Lipinski definition) is 4. The Hall–Kier alpha value is -0.850. The highest BCUT2D eigenvalue weighted by Crippen LogP contribution is 2.08. The number of carbonyl (C=O) groups is 1. The van der Waals surface area contributed by atoms with Gasteiger partial charge in [-0.25, -0.2) is 0 Å². The molecule has 1 aromatic rings. The number of ether oxygens (including phenoxy) is 1. The predicted octanol–water partition coefficient (Wildman–Crippen LogP) is 1.85. The van der Waals surface area contributed by atoms with Crippen molar-refractivity contribution in [3.8, 4) is 0 Å². The summed E-state index contributed by atoms with van der Waals surface area (Å²) in [6, 6.07) is 10.8. The molecule has 1 saturated heterocycles. The van der Waals surface area contributed by atoms with E-state index < -0.39 is 0 Å². The average molecular weight is 378 g/mol. The highest BCUT2D eigenvalue weighted by Gasteiger charge is 2.21. The van der Waals surface area contributed by atoms with E-state index in [0.29, 0.717) is 25.7 Å². The topological polar surface area (TPSA) is 53.6 Å². The summed E-state index contributed by atoms with van der Waals surface area (Å²) >= 11 is 0. The maximum atomic E-state index is 12.0. The van der Waals surface area contributed by atoms with Crippen LogP contribution in [0.5, 0.6) is 0 Å². The molecule has 2 N–H and O–H groups in total. The zero-order chi connectivity index (χ0) is 15.8. The zero-order valence-electron chi connectivity index (χ0n) is 14.4. The third-order valence-electron chi connectivity index (χ3n) is 4.11. The molecular formula is C17H29Cl2N3O2. The van der Waals surface area contributed by atoms with Crippen molar-refractivity contribution in [3.05, 3.63) is 35.9 Å². The Labute approximate surface area is 157 Å². The third-order valence-corrected chi connectivity index (χ3v) is 4.11. The quantitative estimate of drug-likeness (QED) is 0.761. The van der Waals surface area contributed by atoms with E-state index in [4.69, 9.17) is 4.74 Å². The average Bonchev–Trinajstić information content (AvgIpc) is 2.56. The van der Waals surface area contributed by atoms with Crippen LogP contribution in [0.4, 0.5) is 0 Å². The molecule has 1 aliphatic heterocycles. The molecule has 7 heteroatoms. The molecule has 1 amide bonds. The van der Waals surface area contributed by atoms with Crippen molar-refractivity contribution >= 4 is 30.7 Å². The van der Waals surface area contributed by atoms with E-state index in [2.05, 4.69) is 53.8 Å². The number of amides is 1. The molecular weight excluding hydrogens is 349 g/mol. The summed E-state index contributed by atoms with van der Waals surface area (Å²) in [6.07, 6.45) is 0.584. The monoisotopic (exact) mass is 377 g/mol. The normalized spacial score (nSPS) is 18.2. The van der Waals surface area contributed by atoms with Gasteiger partial charge in [-0.15, -0.1) is 24.8 Å². The second-order valence-corrected chi connectivity index (χ2v) is 5.89. The summed E-state index contributed by atoms with van der Waals surface area (Å²) in [7, 11) is 2.12. The Morgan fingerprint density at radius 2 is 2.08 bits per heavy atom. The Morgan fingerprint density at radius 1 is 1.38 bits per heavy atom. The second-order valence-electron chi connectivity index (χ2n) is 5.89. The van der Waals surface area contributed by atoms with Gasteiger partial charge < -0.3 is 15.4 Å². The van der Waals surface area contributed by atoms with Gasteiger partial charge in [-0.1, -0.05) is 30.3 Å². The Bertz CT molecular complexity index is 456. The number of carbonyl (C=O) groups excluding carboxylic acids is 1. The second kappa shape index (κ2) is 12.5. The standard InChI is InChI=1S/C17H27N3O2.2ClH/c1-14(20(2)13-15-6-4-3-5-7-15)8-9-19-17(21)16-12-18-10-11-22-16;;/h3-7,14,16,18H,8-13H2,1-2H3,(H,19,21);2*1H. The lowest BCUT2D eigenvalue weighted by atomic mass is 10.1. The molecule has 0 saturated carbocycles. The summed E-state index contributed by atoms with van der Waals surface area (Å²) in [5.41, 5.74) is 1.31. The van der Waals surface area contributed by atoms with Crippen molar-refractivity contribution in [2.75, 3.05) is 33.3 Å². The summed E-state index contributed by atoms with van der Waals surface area (Å²) < 4.78 is 5.44. The van der Waals surface area contributed by atoms with E-state index in [0.717, 1.165) is 19.5 Å². The van der Waals surface area contributed by atoms with Crippen LogP contribution >= 0.6 is 24.8 Å². The Kier molecular flexibility index (Phi) is 12.1. The number of benzene rings is 1. The van der Waals surface area contributed by atoms with Crippen LogP contribution < -0.4 is 10.6 Å². The van der Waals surface area contributed by atoms with Crippen molar-refractivity contribution in [1.82, 2.24) is 15.5 Å². The number of rotatable bonds is 7. The van der Waals surface area contributed by atoms with Crippen LogP contribution in [0.1, 0.15) is 18.9 Å². The maximum absolute atomic E-state index is 12.0. The molecule has 2 unspecified atom stereocenters. The van der Waals surface area contributed by atoms with Crippen molar-refractivity contribution in [2.24, 2.45) is 0 Å². The molecule has 2 rings (SSSR count). The first kappa shape index (κ1) is 23.1. The largest absolute Gasteiger partial charge is 0.366 e. The highest BCUT2D eigenvalue weighted by atomic mass is 35.5. The van der Waals surface area contributed by atoms with Gasteiger partial charge in [0.1, 0.15) is 6.10 Å². The highest BCUT2D eigenvalue weighted by molar-refractivity contribution is 5.85. The van der Waals surface area contributed by atoms with Crippen LogP contribution in [0.2, 0.25) is 0 Å². The van der Waals surface area contributed by atoms with Gasteiger partial charge >= 0.3 is 0 Å². The van der Waals surface area contributed by atoms with E-state index in [-0.39, 0.29) is 36.8 Å². The molecule has 2 atom stereocenters. The van der Waals surface area contributed by atoms with E-state index >= 15 is 0 Å². The number of nitrogens with zero attached hydrogens (tertiary/aromatic N) is 1. The van der Waals surface area contributed by atoms with Crippen LogP contribution in [-0.4, -0.2) is 56.2 Å². The molecule has 0 aliphatic carbocycles. The van der Waals surface area contributed by atoms with E-state index in [1.165, 1.54) is 5.56 Å². The molecule has 5 nitrogen and oxygen atoms in total. The molecule has 1 aromatic carbocycles. The molecule has 1 fully saturated rings. The first-order chi connectivity index (χ1) is 10.7. The van der Waals surface area contributed by atoms with Gasteiger partial charge in [0.25, 0.3) is 0 Å². The Morgan fingerprint density at radius 3 is 2.71 bits per heavy atom. The SMILES string of the molecule is CC(CCNC(=O)C1CNCCO1)N(C)Cc1ccccc1.Cl.Cl. The van der Waals surface area contributed by atoms with Crippen molar-refractivity contribution < 1.29 is 9.53 Å². The van der Waals surface area contributed by atoms with Crippen LogP contribution in [0.25, 0.3) is 0 Å². The van der Waals surface area contributed by atoms with Crippen LogP contribution in [0, 0.1) is 0 Å². The smallest absolute Gasteiger partial charge is 0.250 e. The Balaban J connectivity index is 0.00000264. The minimum absolute atomic E-state index is 0. The van der Waals surface area contributed by atoms with Gasteiger partial charge in [-0.2, -0.15) is 0 Å². The first-order valence-corrected chi connectivity index (χ1v) is 8.01. The van der Waals surface area contributed by atoms with E-state index in [1.54, 1.807) is 0 Å². The molecule has 138 valence electrons. The molecule has 1 heterocycles. The number of morpholine rings is 1. The fourth-order valence-corrected chi connectivity index (χ4v) is 2.50. The van der Waals surface area contributed by atoms with E-state index in [9.17, 15) is 4.79 Å². The lowest BCUT2D eigenvalue weighted by molar-refractivity contribution is -0.134. The molecule has 1 aliphatic rings. The first-order valence-electron chi connectivity index (χ1n) is 8.01. The lowest BCUT2D eigenvalue weighted by Crippen LogP contribution is -2.48. The minimum Gasteiger partial charge on any atom is -0.366 e. The van der Waals surface area contributed by atoms with Gasteiger partial charge in [0.2, 0.25) is 5.91 Å². The van der Waals surface area contributed by atoms with Gasteiger partial charge in [0.05, 0.1) is 6.61 Å². The zero-order valence-corrected chi connectivity index (χ0v) is 16.0. The van der Waals surface area contributed by atoms with Crippen molar-refractivity contribution in [3.63, 3.8) is 0 Å². The van der Waals surface area contributed by atoms with Gasteiger partial charge in [0.15, 0.2) is 0 Å². The lowest BCUT2D eigenvalue weighted by Gasteiger charge is -2.26. The van der Waals surface area contributed by atoms with Gasteiger partial charge in [-0.3, -0.25) is 9.69 Å². The predicted molar refractivity (Wildman–Crippen MR) is 102 cm³/mol. The molecule has 0 aromatic heterocycles. The fourth-order valence-electron chi connectivity index (χ4n) is 2.50. The maximum Gasteiger partial charge on any atom is 0.250 e.